The van der Waals surface area contributed by atoms with Gasteiger partial charge in [0.05, 0.1) is 5.54 Å². The highest BCUT2D eigenvalue weighted by Crippen LogP contribution is 2.33. The molecule has 0 unspecified atom stereocenters. The molecule has 8 heteroatoms. The number of halogens is 2. The predicted octanol–water partition coefficient (Wildman–Crippen LogP) is 2.63. The fourth-order valence-corrected chi connectivity index (χ4v) is 2.76. The minimum atomic E-state index is -0.696. The molecule has 1 fully saturated rings. The molecule has 0 saturated heterocycles. The first-order valence-electron chi connectivity index (χ1n) is 6.22. The van der Waals surface area contributed by atoms with E-state index in [9.17, 15) is 4.79 Å². The van der Waals surface area contributed by atoms with Gasteiger partial charge in [0.25, 0.3) is 0 Å². The second-order valence-electron chi connectivity index (χ2n) is 4.92. The molecule has 1 amide bonds. The molecular formula is C13H14Cl2N4OS. The van der Waals surface area contributed by atoms with Crippen LogP contribution >= 0.6 is 35.3 Å². The zero-order valence-electron chi connectivity index (χ0n) is 11.0. The maximum atomic E-state index is 11.8. The number of carbonyl (C=O) groups excluding carboxylic acids is 1. The van der Waals surface area contributed by atoms with E-state index in [2.05, 4.69) is 15.5 Å². The molecule has 112 valence electrons. The van der Waals surface area contributed by atoms with Gasteiger partial charge in [-0.15, -0.1) is 22.6 Å². The minimum Gasteiger partial charge on any atom is -0.317 e. The van der Waals surface area contributed by atoms with E-state index in [0.29, 0.717) is 16.6 Å². The van der Waals surface area contributed by atoms with Crippen LogP contribution in [0.25, 0.3) is 0 Å². The minimum absolute atomic E-state index is 0. The lowest BCUT2D eigenvalue weighted by molar-refractivity contribution is -0.118. The van der Waals surface area contributed by atoms with Gasteiger partial charge in [-0.25, -0.2) is 0 Å². The zero-order chi connectivity index (χ0) is 14.2. The summed E-state index contributed by atoms with van der Waals surface area (Å²) >= 11 is 7.29. The van der Waals surface area contributed by atoms with Crippen LogP contribution < -0.4 is 11.1 Å². The van der Waals surface area contributed by atoms with Crippen LogP contribution in [0, 0.1) is 0 Å². The molecule has 21 heavy (non-hydrogen) atoms. The molecule has 0 radical (unpaired) electrons. The molecule has 0 bridgehead atoms. The summed E-state index contributed by atoms with van der Waals surface area (Å²) in [5.74, 6) is -0.178. The molecule has 0 aliphatic heterocycles. The van der Waals surface area contributed by atoms with E-state index in [4.69, 9.17) is 17.3 Å². The van der Waals surface area contributed by atoms with E-state index >= 15 is 0 Å². The fraction of sp³-hybridized carbons (Fsp3) is 0.308. The van der Waals surface area contributed by atoms with Crippen molar-refractivity contribution in [2.24, 2.45) is 5.73 Å². The lowest BCUT2D eigenvalue weighted by Gasteiger charge is -2.05. The zero-order valence-corrected chi connectivity index (χ0v) is 13.4. The van der Waals surface area contributed by atoms with E-state index in [1.807, 2.05) is 24.3 Å². The Balaban J connectivity index is 0.00000161. The topological polar surface area (TPSA) is 80.9 Å². The Labute approximate surface area is 137 Å². The number of hydrogen-bond acceptors (Lipinski definition) is 5. The Morgan fingerprint density at radius 3 is 2.86 bits per heavy atom. The van der Waals surface area contributed by atoms with Crippen LogP contribution in [0.4, 0.5) is 5.13 Å². The number of amides is 1. The highest BCUT2D eigenvalue weighted by molar-refractivity contribution is 7.15. The summed E-state index contributed by atoms with van der Waals surface area (Å²) in [6, 6.07) is 7.59. The van der Waals surface area contributed by atoms with Gasteiger partial charge in [-0.05, 0) is 30.5 Å². The molecule has 2 aromatic rings. The number of nitrogens with one attached hydrogen (secondary N) is 1. The number of nitrogens with two attached hydrogens (primary N) is 1. The van der Waals surface area contributed by atoms with Gasteiger partial charge in [0.15, 0.2) is 0 Å². The monoisotopic (exact) mass is 344 g/mol. The van der Waals surface area contributed by atoms with Crippen molar-refractivity contribution < 1.29 is 4.79 Å². The molecule has 1 aliphatic rings. The third-order valence-electron chi connectivity index (χ3n) is 3.17. The van der Waals surface area contributed by atoms with Gasteiger partial charge in [0.1, 0.15) is 5.01 Å². The van der Waals surface area contributed by atoms with Crippen LogP contribution in [0.3, 0.4) is 0 Å². The molecule has 0 spiro atoms. The summed E-state index contributed by atoms with van der Waals surface area (Å²) in [4.78, 5) is 11.8. The van der Waals surface area contributed by atoms with Gasteiger partial charge < -0.3 is 5.73 Å². The number of nitrogens with zero attached hydrogens (tertiary/aromatic N) is 2. The van der Waals surface area contributed by atoms with Crippen LogP contribution in [0.5, 0.6) is 0 Å². The first-order chi connectivity index (χ1) is 9.55. The van der Waals surface area contributed by atoms with Crippen LogP contribution in [0.1, 0.15) is 23.4 Å². The Kier molecular flexibility index (Phi) is 4.83. The average molecular weight is 345 g/mol. The van der Waals surface area contributed by atoms with Crippen molar-refractivity contribution >= 4 is 46.4 Å². The Bertz CT molecular complexity index is 657. The van der Waals surface area contributed by atoms with Crippen molar-refractivity contribution in [2.45, 2.75) is 24.8 Å². The maximum Gasteiger partial charge on any atom is 0.246 e. The van der Waals surface area contributed by atoms with Crippen LogP contribution in [-0.4, -0.2) is 21.6 Å². The Hall–Kier alpha value is -1.21. The molecule has 0 atom stereocenters. The third kappa shape index (κ3) is 3.91. The third-order valence-corrected chi connectivity index (χ3v) is 4.25. The Morgan fingerprint density at radius 2 is 2.19 bits per heavy atom. The summed E-state index contributed by atoms with van der Waals surface area (Å²) in [5.41, 5.74) is 6.18. The standard InChI is InChI=1S/C13H13ClN4OS.ClH/c14-9-3-1-2-8(6-9)7-10-17-18-12(20-10)16-11(19)13(15)4-5-13;/h1-3,6H,4-5,7,15H2,(H,16,18,19);1H. The number of anilines is 1. The van der Waals surface area contributed by atoms with E-state index in [0.717, 1.165) is 23.4 Å². The van der Waals surface area contributed by atoms with E-state index < -0.39 is 5.54 Å². The number of hydrogen-bond donors (Lipinski definition) is 2. The normalized spacial score (nSPS) is 15.1. The molecule has 1 saturated carbocycles. The quantitative estimate of drug-likeness (QED) is 0.893. The van der Waals surface area contributed by atoms with Crippen molar-refractivity contribution in [2.75, 3.05) is 5.32 Å². The molecule has 1 aromatic carbocycles. The largest absolute Gasteiger partial charge is 0.317 e. The molecule has 3 rings (SSSR count). The number of aromatic nitrogens is 2. The smallest absolute Gasteiger partial charge is 0.246 e. The lowest BCUT2D eigenvalue weighted by Crippen LogP contribution is -2.37. The first kappa shape index (κ1) is 16.2. The summed E-state index contributed by atoms with van der Waals surface area (Å²) < 4.78 is 0. The van der Waals surface area contributed by atoms with Crippen LogP contribution in [0.2, 0.25) is 5.02 Å². The second-order valence-corrected chi connectivity index (χ2v) is 6.42. The summed E-state index contributed by atoms with van der Waals surface area (Å²) in [6.45, 7) is 0. The molecule has 5 nitrogen and oxygen atoms in total. The number of benzene rings is 1. The van der Waals surface area contributed by atoms with Crippen molar-refractivity contribution in [3.63, 3.8) is 0 Å². The maximum absolute atomic E-state index is 11.8. The summed E-state index contributed by atoms with van der Waals surface area (Å²) in [7, 11) is 0. The van der Waals surface area contributed by atoms with Gasteiger partial charge in [0.2, 0.25) is 11.0 Å². The van der Waals surface area contributed by atoms with Crippen molar-refractivity contribution in [3.05, 3.63) is 39.9 Å². The average Bonchev–Trinajstić information content (AvgIpc) is 3.01. The number of rotatable bonds is 4. The molecule has 1 heterocycles. The van der Waals surface area contributed by atoms with Gasteiger partial charge in [-0.3, -0.25) is 10.1 Å². The highest BCUT2D eigenvalue weighted by atomic mass is 35.5. The Morgan fingerprint density at radius 1 is 1.43 bits per heavy atom. The van der Waals surface area contributed by atoms with Crippen molar-refractivity contribution in [1.82, 2.24) is 10.2 Å². The predicted molar refractivity (Wildman–Crippen MR) is 86.2 cm³/mol. The summed E-state index contributed by atoms with van der Waals surface area (Å²) in [5, 5.41) is 12.8. The van der Waals surface area contributed by atoms with E-state index in [1.54, 1.807) is 0 Å². The molecule has 1 aliphatic carbocycles. The van der Waals surface area contributed by atoms with Gasteiger partial charge in [-0.1, -0.05) is 35.1 Å². The van der Waals surface area contributed by atoms with E-state index in [-0.39, 0.29) is 18.3 Å². The van der Waals surface area contributed by atoms with Gasteiger partial charge in [-0.2, -0.15) is 0 Å². The molecular weight excluding hydrogens is 331 g/mol. The van der Waals surface area contributed by atoms with E-state index in [1.165, 1.54) is 11.3 Å². The SMILES string of the molecule is Cl.NC1(C(=O)Nc2nnc(Cc3cccc(Cl)c3)s2)CC1. The molecule has 3 N–H and O–H groups in total. The summed E-state index contributed by atoms with van der Waals surface area (Å²) in [6.07, 6.45) is 2.10. The van der Waals surface area contributed by atoms with Crippen LogP contribution in [-0.2, 0) is 11.2 Å². The van der Waals surface area contributed by atoms with Crippen molar-refractivity contribution in [3.8, 4) is 0 Å². The van der Waals surface area contributed by atoms with Crippen LogP contribution in [0.15, 0.2) is 24.3 Å². The lowest BCUT2D eigenvalue weighted by atomic mass is 10.2. The molecule has 1 aromatic heterocycles. The highest BCUT2D eigenvalue weighted by Gasteiger charge is 2.46. The van der Waals surface area contributed by atoms with Crippen molar-refractivity contribution in [1.29, 1.82) is 0 Å². The second kappa shape index (κ2) is 6.27. The van der Waals surface area contributed by atoms with Gasteiger partial charge in [0, 0.05) is 11.4 Å². The number of carbonyl (C=O) groups is 1. The fourth-order valence-electron chi connectivity index (χ4n) is 1.78. The first-order valence-corrected chi connectivity index (χ1v) is 7.42. The van der Waals surface area contributed by atoms with Gasteiger partial charge >= 0.3 is 0 Å².